The van der Waals surface area contributed by atoms with Crippen LogP contribution < -0.4 is 9.47 Å². The molecular weight excluding hydrogens is 272 g/mol. The van der Waals surface area contributed by atoms with Gasteiger partial charge in [0.2, 0.25) is 5.88 Å². The van der Waals surface area contributed by atoms with E-state index in [1.165, 1.54) is 11.2 Å². The zero-order valence-electron chi connectivity index (χ0n) is 11.5. The highest BCUT2D eigenvalue weighted by Crippen LogP contribution is 2.37. The van der Waals surface area contributed by atoms with E-state index < -0.39 is 0 Å². The molecule has 3 rings (SSSR count). The fourth-order valence-electron chi connectivity index (χ4n) is 2.03. The first kappa shape index (κ1) is 12.9. The normalized spacial score (nSPS) is 10.8. The van der Waals surface area contributed by atoms with Crippen LogP contribution in [-0.2, 0) is 0 Å². The Morgan fingerprint density at radius 3 is 2.55 bits per heavy atom. The van der Waals surface area contributed by atoms with Gasteiger partial charge < -0.3 is 9.47 Å². The molecule has 0 saturated heterocycles. The molecule has 0 spiro atoms. The molecular formula is C15H14N2O2S. The highest BCUT2D eigenvalue weighted by Gasteiger charge is 2.14. The topological polar surface area (TPSA) is 44.2 Å². The first-order chi connectivity index (χ1) is 9.70. The molecule has 0 aliphatic carbocycles. The van der Waals surface area contributed by atoms with Crippen LogP contribution in [0.1, 0.15) is 10.4 Å². The highest BCUT2D eigenvalue weighted by molar-refractivity contribution is 7.18. The van der Waals surface area contributed by atoms with E-state index in [-0.39, 0.29) is 0 Å². The molecule has 1 aromatic carbocycles. The zero-order valence-corrected chi connectivity index (χ0v) is 12.3. The number of nitrogens with zero attached hydrogens (tertiary/aromatic N) is 2. The van der Waals surface area contributed by atoms with Crippen LogP contribution in [0.15, 0.2) is 30.6 Å². The molecule has 0 amide bonds. The third-order valence-corrected chi connectivity index (χ3v) is 4.32. The van der Waals surface area contributed by atoms with E-state index in [0.29, 0.717) is 17.4 Å². The molecule has 0 saturated carbocycles. The van der Waals surface area contributed by atoms with E-state index in [4.69, 9.17) is 9.47 Å². The van der Waals surface area contributed by atoms with Crippen molar-refractivity contribution in [1.29, 1.82) is 0 Å². The van der Waals surface area contributed by atoms with Crippen molar-refractivity contribution in [2.45, 2.75) is 13.8 Å². The molecule has 0 bridgehead atoms. The van der Waals surface area contributed by atoms with Crippen molar-refractivity contribution in [3.63, 3.8) is 0 Å². The van der Waals surface area contributed by atoms with Crippen molar-refractivity contribution in [2.75, 3.05) is 7.11 Å². The molecule has 0 radical (unpaired) electrons. The van der Waals surface area contributed by atoms with E-state index in [1.807, 2.05) is 24.3 Å². The van der Waals surface area contributed by atoms with Gasteiger partial charge in [0.15, 0.2) is 11.5 Å². The Kier molecular flexibility index (Phi) is 3.28. The summed E-state index contributed by atoms with van der Waals surface area (Å²) in [4.78, 5) is 10.7. The Morgan fingerprint density at radius 1 is 1.05 bits per heavy atom. The van der Waals surface area contributed by atoms with Crippen LogP contribution in [-0.4, -0.2) is 17.1 Å². The number of hydrogen-bond donors (Lipinski definition) is 0. The van der Waals surface area contributed by atoms with Gasteiger partial charge in [0.25, 0.3) is 0 Å². The highest BCUT2D eigenvalue weighted by atomic mass is 32.1. The molecule has 2 heterocycles. The Morgan fingerprint density at radius 2 is 1.80 bits per heavy atom. The summed E-state index contributed by atoms with van der Waals surface area (Å²) in [7, 11) is 1.62. The first-order valence-corrected chi connectivity index (χ1v) is 7.04. The molecule has 0 aliphatic heterocycles. The number of benzene rings is 1. The number of aromatic nitrogens is 2. The first-order valence-electron chi connectivity index (χ1n) is 6.22. The fourth-order valence-corrected chi connectivity index (χ4v) is 3.02. The Labute approximate surface area is 121 Å². The molecule has 3 aromatic rings. The minimum Gasteiger partial charge on any atom is -0.493 e. The molecule has 0 aliphatic rings. The van der Waals surface area contributed by atoms with Gasteiger partial charge in [-0.1, -0.05) is 12.1 Å². The average molecular weight is 286 g/mol. The van der Waals surface area contributed by atoms with E-state index in [0.717, 1.165) is 15.8 Å². The van der Waals surface area contributed by atoms with E-state index >= 15 is 0 Å². The van der Waals surface area contributed by atoms with Crippen molar-refractivity contribution in [1.82, 2.24) is 9.97 Å². The SMILES string of the molecule is COc1ccccc1Oc1ncnc2sc(C)c(C)c12. The number of ether oxygens (including phenoxy) is 2. The third kappa shape index (κ3) is 2.10. The lowest BCUT2D eigenvalue weighted by molar-refractivity contribution is 0.375. The van der Waals surface area contributed by atoms with Crippen molar-refractivity contribution >= 4 is 21.6 Å². The lowest BCUT2D eigenvalue weighted by Crippen LogP contribution is -1.93. The van der Waals surface area contributed by atoms with Gasteiger partial charge in [-0.3, -0.25) is 0 Å². The molecule has 20 heavy (non-hydrogen) atoms. The number of rotatable bonds is 3. The average Bonchev–Trinajstić information content (AvgIpc) is 2.76. The summed E-state index contributed by atoms with van der Waals surface area (Å²) >= 11 is 1.65. The molecule has 0 unspecified atom stereocenters. The maximum Gasteiger partial charge on any atom is 0.231 e. The summed E-state index contributed by atoms with van der Waals surface area (Å²) in [5.41, 5.74) is 1.16. The Balaban J connectivity index is 2.11. The van der Waals surface area contributed by atoms with Crippen molar-refractivity contribution in [3.8, 4) is 17.4 Å². The van der Waals surface area contributed by atoms with Crippen LogP contribution in [0.5, 0.6) is 17.4 Å². The van der Waals surface area contributed by atoms with E-state index in [9.17, 15) is 0 Å². The van der Waals surface area contributed by atoms with Gasteiger partial charge in [0.05, 0.1) is 12.5 Å². The van der Waals surface area contributed by atoms with E-state index in [2.05, 4.69) is 23.8 Å². The zero-order chi connectivity index (χ0) is 14.1. The minimum absolute atomic E-state index is 0.571. The van der Waals surface area contributed by atoms with Gasteiger partial charge in [0, 0.05) is 4.88 Å². The monoisotopic (exact) mass is 286 g/mol. The summed E-state index contributed by atoms with van der Waals surface area (Å²) < 4.78 is 11.2. The predicted molar refractivity (Wildman–Crippen MR) is 80.0 cm³/mol. The standard InChI is InChI=1S/C15H14N2O2S/c1-9-10(2)20-15-13(9)14(16-8-17-15)19-12-7-5-4-6-11(12)18-3/h4-8H,1-3H3. The summed E-state index contributed by atoms with van der Waals surface area (Å²) in [6.07, 6.45) is 1.53. The Bertz CT molecular complexity index is 768. The second kappa shape index (κ2) is 5.09. The fraction of sp³-hybridized carbons (Fsp3) is 0.200. The van der Waals surface area contributed by atoms with Gasteiger partial charge in [-0.15, -0.1) is 11.3 Å². The minimum atomic E-state index is 0.571. The predicted octanol–water partition coefficient (Wildman–Crippen LogP) is 4.11. The summed E-state index contributed by atoms with van der Waals surface area (Å²) in [5, 5.41) is 0.973. The molecule has 2 aromatic heterocycles. The van der Waals surface area contributed by atoms with Gasteiger partial charge in [-0.05, 0) is 31.5 Å². The van der Waals surface area contributed by atoms with Crippen molar-refractivity contribution in [3.05, 3.63) is 41.0 Å². The lowest BCUT2D eigenvalue weighted by atomic mass is 10.2. The van der Waals surface area contributed by atoms with E-state index in [1.54, 1.807) is 18.4 Å². The van der Waals surface area contributed by atoms with Crippen LogP contribution in [0.25, 0.3) is 10.2 Å². The van der Waals surface area contributed by atoms with Crippen LogP contribution >= 0.6 is 11.3 Å². The summed E-state index contributed by atoms with van der Waals surface area (Å²) in [5.74, 6) is 1.91. The molecule has 102 valence electrons. The van der Waals surface area contributed by atoms with Crippen molar-refractivity contribution in [2.24, 2.45) is 0 Å². The molecule has 5 heteroatoms. The van der Waals surface area contributed by atoms with Gasteiger partial charge in [-0.2, -0.15) is 0 Å². The quantitative estimate of drug-likeness (QED) is 0.727. The summed E-state index contributed by atoms with van der Waals surface area (Å²) in [6.45, 7) is 4.14. The van der Waals surface area contributed by atoms with Crippen LogP contribution in [0, 0.1) is 13.8 Å². The second-order valence-corrected chi connectivity index (χ2v) is 5.60. The maximum atomic E-state index is 5.94. The molecule has 0 fully saturated rings. The number of fused-ring (bicyclic) bond motifs is 1. The smallest absolute Gasteiger partial charge is 0.231 e. The Hall–Kier alpha value is -2.14. The van der Waals surface area contributed by atoms with Crippen LogP contribution in [0.2, 0.25) is 0 Å². The maximum absolute atomic E-state index is 5.94. The summed E-state index contributed by atoms with van der Waals surface area (Å²) in [6, 6.07) is 7.53. The molecule has 4 nitrogen and oxygen atoms in total. The number of thiophene rings is 1. The number of methoxy groups -OCH3 is 1. The van der Waals surface area contributed by atoms with Gasteiger partial charge in [0.1, 0.15) is 11.2 Å². The van der Waals surface area contributed by atoms with Crippen LogP contribution in [0.4, 0.5) is 0 Å². The second-order valence-electron chi connectivity index (χ2n) is 4.40. The number of aryl methyl sites for hydroxylation is 2. The molecule has 0 atom stereocenters. The third-order valence-electron chi connectivity index (χ3n) is 3.21. The van der Waals surface area contributed by atoms with Gasteiger partial charge in [-0.25, -0.2) is 9.97 Å². The van der Waals surface area contributed by atoms with Crippen molar-refractivity contribution < 1.29 is 9.47 Å². The molecule has 0 N–H and O–H groups in total. The largest absolute Gasteiger partial charge is 0.493 e. The number of para-hydroxylation sites is 2. The van der Waals surface area contributed by atoms with Crippen LogP contribution in [0.3, 0.4) is 0 Å². The van der Waals surface area contributed by atoms with Gasteiger partial charge >= 0.3 is 0 Å². The number of hydrogen-bond acceptors (Lipinski definition) is 5. The lowest BCUT2D eigenvalue weighted by Gasteiger charge is -2.09.